The van der Waals surface area contributed by atoms with Crippen LogP contribution in [0, 0.1) is 0 Å². The highest BCUT2D eigenvalue weighted by molar-refractivity contribution is 7.89. The van der Waals surface area contributed by atoms with Crippen molar-refractivity contribution in [2.75, 3.05) is 27.3 Å². The topological polar surface area (TPSA) is 59.1 Å². The zero-order valence-corrected chi connectivity index (χ0v) is 17.8. The van der Waals surface area contributed by atoms with Gasteiger partial charge >= 0.3 is 0 Å². The van der Waals surface area contributed by atoms with Crippen LogP contribution in [0.5, 0.6) is 11.5 Å². The molecule has 1 saturated heterocycles. The molecule has 0 aromatic heterocycles. The van der Waals surface area contributed by atoms with Crippen molar-refractivity contribution in [2.24, 2.45) is 0 Å². The zero-order valence-electron chi connectivity index (χ0n) is 17.0. The normalized spacial score (nSPS) is 20.0. The van der Waals surface area contributed by atoms with Gasteiger partial charge in [-0.1, -0.05) is 24.3 Å². The Labute approximate surface area is 173 Å². The first-order chi connectivity index (χ1) is 14.0. The standard InChI is InChI=1S/C22H28N2O4S/c1-27-21-10-9-20(14-22(21)28-2)29(25,26)24-12-5-8-19(24)11-13-23-15-17-6-3-4-7-18(17)16-23/h3-4,6-7,9-10,14,19H,5,8,11-13,15-16H2,1-2H3. The number of rotatable bonds is 7. The number of benzene rings is 2. The molecule has 2 aliphatic heterocycles. The number of methoxy groups -OCH3 is 2. The van der Waals surface area contributed by atoms with Crippen LogP contribution >= 0.6 is 0 Å². The van der Waals surface area contributed by atoms with Gasteiger partial charge in [-0.3, -0.25) is 4.90 Å². The van der Waals surface area contributed by atoms with E-state index in [4.69, 9.17) is 9.47 Å². The third kappa shape index (κ3) is 3.99. The molecule has 1 atom stereocenters. The minimum absolute atomic E-state index is 0.0387. The molecule has 156 valence electrons. The third-order valence-electron chi connectivity index (χ3n) is 5.97. The van der Waals surface area contributed by atoms with E-state index in [-0.39, 0.29) is 10.9 Å². The first kappa shape index (κ1) is 20.2. The molecule has 1 fully saturated rings. The van der Waals surface area contributed by atoms with Crippen molar-refractivity contribution in [1.82, 2.24) is 9.21 Å². The fourth-order valence-electron chi connectivity index (χ4n) is 4.42. The van der Waals surface area contributed by atoms with E-state index in [1.807, 2.05) is 0 Å². The van der Waals surface area contributed by atoms with Crippen molar-refractivity contribution in [1.29, 1.82) is 0 Å². The Morgan fingerprint density at radius 3 is 2.34 bits per heavy atom. The summed E-state index contributed by atoms with van der Waals surface area (Å²) in [7, 11) is -0.510. The van der Waals surface area contributed by atoms with E-state index in [0.29, 0.717) is 18.0 Å². The summed E-state index contributed by atoms with van der Waals surface area (Å²) < 4.78 is 38.8. The van der Waals surface area contributed by atoms with Gasteiger partial charge in [0.15, 0.2) is 11.5 Å². The van der Waals surface area contributed by atoms with Crippen LogP contribution in [0.3, 0.4) is 0 Å². The highest BCUT2D eigenvalue weighted by Crippen LogP contribution is 2.34. The Morgan fingerprint density at radius 2 is 1.69 bits per heavy atom. The molecule has 2 aliphatic rings. The lowest BCUT2D eigenvalue weighted by Crippen LogP contribution is -2.37. The molecule has 0 radical (unpaired) electrons. The average Bonchev–Trinajstić information content (AvgIpc) is 3.38. The molecule has 0 aliphatic carbocycles. The second kappa shape index (κ2) is 8.34. The summed E-state index contributed by atoms with van der Waals surface area (Å²) in [5, 5.41) is 0. The van der Waals surface area contributed by atoms with E-state index in [9.17, 15) is 8.42 Å². The van der Waals surface area contributed by atoms with Crippen LogP contribution in [0.1, 0.15) is 30.4 Å². The molecule has 0 amide bonds. The van der Waals surface area contributed by atoms with Crippen LogP contribution in [0.4, 0.5) is 0 Å². The van der Waals surface area contributed by atoms with Gasteiger partial charge in [0.1, 0.15) is 0 Å². The molecule has 0 bridgehead atoms. The summed E-state index contributed by atoms with van der Waals surface area (Å²) in [6, 6.07) is 13.4. The summed E-state index contributed by atoms with van der Waals surface area (Å²) in [5.41, 5.74) is 2.77. The van der Waals surface area contributed by atoms with Gasteiger partial charge < -0.3 is 9.47 Å². The van der Waals surface area contributed by atoms with Crippen LogP contribution in [0.15, 0.2) is 47.4 Å². The van der Waals surface area contributed by atoms with Crippen molar-refractivity contribution in [3.63, 3.8) is 0 Å². The Kier molecular flexibility index (Phi) is 5.81. The first-order valence-electron chi connectivity index (χ1n) is 10.1. The van der Waals surface area contributed by atoms with Crippen molar-refractivity contribution < 1.29 is 17.9 Å². The van der Waals surface area contributed by atoms with Crippen molar-refractivity contribution in [2.45, 2.75) is 43.3 Å². The fourth-order valence-corrected chi connectivity index (χ4v) is 6.16. The predicted molar refractivity (Wildman–Crippen MR) is 112 cm³/mol. The van der Waals surface area contributed by atoms with E-state index in [2.05, 4.69) is 29.2 Å². The molecule has 1 unspecified atom stereocenters. The van der Waals surface area contributed by atoms with Gasteiger partial charge in [0, 0.05) is 38.3 Å². The number of fused-ring (bicyclic) bond motifs is 1. The smallest absolute Gasteiger partial charge is 0.243 e. The molecule has 7 heteroatoms. The summed E-state index contributed by atoms with van der Waals surface area (Å²) in [6.45, 7) is 3.37. The molecule has 2 heterocycles. The maximum absolute atomic E-state index is 13.3. The average molecular weight is 417 g/mol. The Morgan fingerprint density at radius 1 is 1.00 bits per heavy atom. The Hall–Kier alpha value is -2.09. The second-order valence-electron chi connectivity index (χ2n) is 7.70. The van der Waals surface area contributed by atoms with Crippen molar-refractivity contribution >= 4 is 10.0 Å². The molecular weight excluding hydrogens is 388 g/mol. The van der Waals surface area contributed by atoms with Crippen LogP contribution in [0.25, 0.3) is 0 Å². The lowest BCUT2D eigenvalue weighted by Gasteiger charge is -2.26. The SMILES string of the molecule is COc1ccc(S(=O)(=O)N2CCCC2CCN2Cc3ccccc3C2)cc1OC. The van der Waals surface area contributed by atoms with Crippen LogP contribution in [-0.4, -0.2) is 51.0 Å². The Balaban J connectivity index is 1.45. The molecule has 2 aromatic rings. The Bertz CT molecular complexity index is 952. The third-order valence-corrected chi connectivity index (χ3v) is 7.92. The van der Waals surface area contributed by atoms with E-state index in [1.54, 1.807) is 29.6 Å². The van der Waals surface area contributed by atoms with Crippen molar-refractivity contribution in [3.05, 3.63) is 53.6 Å². The molecule has 0 spiro atoms. The van der Waals surface area contributed by atoms with Crippen LogP contribution in [0.2, 0.25) is 0 Å². The quantitative estimate of drug-likeness (QED) is 0.693. The number of hydrogen-bond acceptors (Lipinski definition) is 5. The second-order valence-corrected chi connectivity index (χ2v) is 9.59. The molecule has 2 aromatic carbocycles. The lowest BCUT2D eigenvalue weighted by molar-refractivity contribution is 0.249. The highest BCUT2D eigenvalue weighted by Gasteiger charge is 2.36. The molecular formula is C22H28N2O4S. The van der Waals surface area contributed by atoms with Gasteiger partial charge in [0.25, 0.3) is 0 Å². The minimum atomic E-state index is -3.57. The highest BCUT2D eigenvalue weighted by atomic mass is 32.2. The summed E-state index contributed by atoms with van der Waals surface area (Å²) >= 11 is 0. The van der Waals surface area contributed by atoms with Gasteiger partial charge in [0.05, 0.1) is 19.1 Å². The number of nitrogens with zero attached hydrogens (tertiary/aromatic N) is 2. The van der Waals surface area contributed by atoms with E-state index in [0.717, 1.165) is 38.9 Å². The predicted octanol–water partition coefficient (Wildman–Crippen LogP) is 3.26. The van der Waals surface area contributed by atoms with Gasteiger partial charge in [-0.2, -0.15) is 4.31 Å². The number of sulfonamides is 1. The van der Waals surface area contributed by atoms with Gasteiger partial charge in [-0.05, 0) is 42.5 Å². The van der Waals surface area contributed by atoms with E-state index < -0.39 is 10.0 Å². The monoisotopic (exact) mass is 416 g/mol. The van der Waals surface area contributed by atoms with Gasteiger partial charge in [-0.15, -0.1) is 0 Å². The number of hydrogen-bond donors (Lipinski definition) is 0. The largest absolute Gasteiger partial charge is 0.493 e. The molecule has 29 heavy (non-hydrogen) atoms. The molecule has 4 rings (SSSR count). The minimum Gasteiger partial charge on any atom is -0.493 e. The fraction of sp³-hybridized carbons (Fsp3) is 0.455. The lowest BCUT2D eigenvalue weighted by atomic mass is 10.1. The summed E-state index contributed by atoms with van der Waals surface area (Å²) in [5.74, 6) is 0.956. The maximum Gasteiger partial charge on any atom is 0.243 e. The van der Waals surface area contributed by atoms with Crippen LogP contribution in [-0.2, 0) is 23.1 Å². The zero-order chi connectivity index (χ0) is 20.4. The van der Waals surface area contributed by atoms with Crippen molar-refractivity contribution in [3.8, 4) is 11.5 Å². The summed E-state index contributed by atoms with van der Waals surface area (Å²) in [6.07, 6.45) is 2.66. The van der Waals surface area contributed by atoms with Gasteiger partial charge in [-0.25, -0.2) is 8.42 Å². The molecule has 0 N–H and O–H groups in total. The maximum atomic E-state index is 13.3. The van der Waals surface area contributed by atoms with E-state index >= 15 is 0 Å². The molecule has 6 nitrogen and oxygen atoms in total. The number of ether oxygens (including phenoxy) is 2. The molecule has 0 saturated carbocycles. The first-order valence-corrected chi connectivity index (χ1v) is 11.5. The van der Waals surface area contributed by atoms with Crippen LogP contribution < -0.4 is 9.47 Å². The van der Waals surface area contributed by atoms with Gasteiger partial charge in [0.2, 0.25) is 10.0 Å². The summed E-state index contributed by atoms with van der Waals surface area (Å²) in [4.78, 5) is 2.67. The van der Waals surface area contributed by atoms with E-state index in [1.165, 1.54) is 18.2 Å².